The number of carbonyl (C=O) groups is 1. The van der Waals surface area contributed by atoms with E-state index in [0.29, 0.717) is 11.7 Å². The highest BCUT2D eigenvalue weighted by Crippen LogP contribution is 2.40. The summed E-state index contributed by atoms with van der Waals surface area (Å²) in [4.78, 5) is 12.1. The first-order chi connectivity index (χ1) is 7.68. The summed E-state index contributed by atoms with van der Waals surface area (Å²) < 4.78 is 2.14. The Kier molecular flexibility index (Phi) is 2.11. The molecule has 1 aromatic carbocycles. The molecule has 2 aromatic rings. The summed E-state index contributed by atoms with van der Waals surface area (Å²) in [6.07, 6.45) is 0.658. The molecule has 1 aliphatic rings. The Morgan fingerprint density at radius 3 is 2.94 bits per heavy atom. The van der Waals surface area contributed by atoms with Gasteiger partial charge in [-0.3, -0.25) is 4.79 Å². The van der Waals surface area contributed by atoms with Gasteiger partial charge in [0.05, 0.1) is 10.6 Å². The second kappa shape index (κ2) is 3.39. The van der Waals surface area contributed by atoms with Crippen molar-refractivity contribution in [2.75, 3.05) is 0 Å². The lowest BCUT2D eigenvalue weighted by Gasteiger charge is -2.18. The number of hydrogen-bond donors (Lipinski definition) is 0. The lowest BCUT2D eigenvalue weighted by atomic mass is 10.1. The minimum atomic E-state index is 0.290. The Morgan fingerprint density at radius 1 is 1.38 bits per heavy atom. The van der Waals surface area contributed by atoms with E-state index in [0.717, 1.165) is 21.5 Å². The SMILES string of the molecule is CC1CC(=O)c2c(n(C)c3ccccc23)S1. The summed E-state index contributed by atoms with van der Waals surface area (Å²) >= 11 is 1.81. The van der Waals surface area contributed by atoms with E-state index in [1.54, 1.807) is 0 Å². The molecule has 0 fully saturated rings. The highest BCUT2D eigenvalue weighted by Gasteiger charge is 2.28. The number of carbonyl (C=O) groups excluding carboxylic acids is 1. The molecule has 82 valence electrons. The van der Waals surface area contributed by atoms with Crippen LogP contribution in [-0.4, -0.2) is 15.6 Å². The van der Waals surface area contributed by atoms with E-state index in [4.69, 9.17) is 0 Å². The molecule has 0 saturated heterocycles. The first kappa shape index (κ1) is 9.97. The predicted molar refractivity (Wildman–Crippen MR) is 67.2 cm³/mol. The van der Waals surface area contributed by atoms with Gasteiger partial charge in [-0.15, -0.1) is 11.8 Å². The van der Waals surface area contributed by atoms with Gasteiger partial charge < -0.3 is 4.57 Å². The fraction of sp³-hybridized carbons (Fsp3) is 0.308. The molecule has 0 N–H and O–H groups in total. The van der Waals surface area contributed by atoms with E-state index >= 15 is 0 Å². The van der Waals surface area contributed by atoms with Crippen molar-refractivity contribution in [2.24, 2.45) is 7.05 Å². The molecule has 1 unspecified atom stereocenters. The molecular weight excluding hydrogens is 218 g/mol. The van der Waals surface area contributed by atoms with Crippen LogP contribution in [0.15, 0.2) is 29.3 Å². The average molecular weight is 231 g/mol. The molecular formula is C13H13NOS. The molecule has 2 nitrogen and oxygen atoms in total. The number of aromatic nitrogens is 1. The monoisotopic (exact) mass is 231 g/mol. The minimum absolute atomic E-state index is 0.290. The molecule has 0 amide bonds. The van der Waals surface area contributed by atoms with Crippen LogP contribution in [0.3, 0.4) is 0 Å². The number of fused-ring (bicyclic) bond motifs is 3. The summed E-state index contributed by atoms with van der Waals surface area (Å²) in [5, 5.41) is 2.62. The van der Waals surface area contributed by atoms with E-state index in [-0.39, 0.29) is 5.78 Å². The van der Waals surface area contributed by atoms with Gasteiger partial charge in [-0.25, -0.2) is 0 Å². The van der Waals surface area contributed by atoms with Crippen molar-refractivity contribution in [3.05, 3.63) is 29.8 Å². The number of Topliss-reactive ketones (excluding diaryl/α,β-unsaturated/α-hetero) is 1. The summed E-state index contributed by atoms with van der Waals surface area (Å²) in [7, 11) is 2.04. The van der Waals surface area contributed by atoms with Gasteiger partial charge in [0.1, 0.15) is 0 Å². The maximum atomic E-state index is 12.1. The van der Waals surface area contributed by atoms with Gasteiger partial charge in [-0.05, 0) is 6.07 Å². The third-order valence-corrected chi connectivity index (χ3v) is 4.39. The summed E-state index contributed by atoms with van der Waals surface area (Å²) in [6, 6.07) is 8.14. The van der Waals surface area contributed by atoms with Crippen LogP contribution in [0, 0.1) is 0 Å². The zero-order valence-electron chi connectivity index (χ0n) is 9.36. The van der Waals surface area contributed by atoms with Gasteiger partial charge in [0.25, 0.3) is 0 Å². The number of para-hydroxylation sites is 1. The lowest BCUT2D eigenvalue weighted by Crippen LogP contribution is -2.14. The number of ketones is 1. The quantitative estimate of drug-likeness (QED) is 0.694. The van der Waals surface area contributed by atoms with Crippen LogP contribution in [-0.2, 0) is 7.05 Å². The standard InChI is InChI=1S/C13H13NOS/c1-8-7-11(15)12-9-5-3-4-6-10(9)14(2)13(12)16-8/h3-6,8H,7H2,1-2H3. The Morgan fingerprint density at radius 2 is 2.12 bits per heavy atom. The van der Waals surface area contributed by atoms with Crippen LogP contribution in [0.25, 0.3) is 10.9 Å². The van der Waals surface area contributed by atoms with Gasteiger partial charge in [-0.1, -0.05) is 25.1 Å². The van der Waals surface area contributed by atoms with Crippen molar-refractivity contribution in [2.45, 2.75) is 23.6 Å². The Bertz CT molecular complexity index is 585. The van der Waals surface area contributed by atoms with Crippen molar-refractivity contribution in [1.82, 2.24) is 4.57 Å². The summed E-state index contributed by atoms with van der Waals surface area (Å²) in [5.74, 6) is 0.290. The Balaban J connectivity index is 2.39. The lowest BCUT2D eigenvalue weighted by molar-refractivity contribution is 0.0979. The molecule has 0 bridgehead atoms. The fourth-order valence-electron chi connectivity index (χ4n) is 2.37. The molecule has 0 spiro atoms. The highest BCUT2D eigenvalue weighted by atomic mass is 32.2. The van der Waals surface area contributed by atoms with Gasteiger partial charge in [0.15, 0.2) is 5.78 Å². The van der Waals surface area contributed by atoms with Crippen molar-refractivity contribution in [3.63, 3.8) is 0 Å². The van der Waals surface area contributed by atoms with E-state index < -0.39 is 0 Å². The smallest absolute Gasteiger partial charge is 0.167 e. The van der Waals surface area contributed by atoms with Gasteiger partial charge in [0, 0.05) is 29.6 Å². The van der Waals surface area contributed by atoms with E-state index in [9.17, 15) is 4.79 Å². The van der Waals surface area contributed by atoms with Gasteiger partial charge in [-0.2, -0.15) is 0 Å². The number of nitrogens with zero attached hydrogens (tertiary/aromatic N) is 1. The molecule has 0 radical (unpaired) electrons. The molecule has 0 aliphatic carbocycles. The highest BCUT2D eigenvalue weighted by molar-refractivity contribution is 8.00. The number of rotatable bonds is 0. The minimum Gasteiger partial charge on any atom is -0.338 e. The van der Waals surface area contributed by atoms with Crippen LogP contribution < -0.4 is 0 Å². The third-order valence-electron chi connectivity index (χ3n) is 3.12. The van der Waals surface area contributed by atoms with E-state index in [1.165, 1.54) is 0 Å². The van der Waals surface area contributed by atoms with Crippen LogP contribution >= 0.6 is 11.8 Å². The van der Waals surface area contributed by atoms with Gasteiger partial charge in [0.2, 0.25) is 0 Å². The summed E-state index contributed by atoms with van der Waals surface area (Å²) in [6.45, 7) is 2.11. The Hall–Kier alpha value is -1.22. The zero-order valence-corrected chi connectivity index (χ0v) is 10.2. The average Bonchev–Trinajstić information content (AvgIpc) is 2.54. The maximum Gasteiger partial charge on any atom is 0.167 e. The molecule has 16 heavy (non-hydrogen) atoms. The number of benzene rings is 1. The van der Waals surface area contributed by atoms with Crippen LogP contribution in [0.5, 0.6) is 0 Å². The normalized spacial score (nSPS) is 20.1. The number of hydrogen-bond acceptors (Lipinski definition) is 2. The second-order valence-corrected chi connectivity index (χ2v) is 5.74. The molecule has 2 heterocycles. The van der Waals surface area contributed by atoms with Crippen LogP contribution in [0.1, 0.15) is 23.7 Å². The largest absolute Gasteiger partial charge is 0.338 e. The number of aryl methyl sites for hydroxylation is 1. The van der Waals surface area contributed by atoms with E-state index in [2.05, 4.69) is 17.6 Å². The maximum absolute atomic E-state index is 12.1. The molecule has 3 heteroatoms. The molecule has 1 aromatic heterocycles. The first-order valence-corrected chi connectivity index (χ1v) is 6.33. The van der Waals surface area contributed by atoms with Crippen molar-refractivity contribution in [3.8, 4) is 0 Å². The van der Waals surface area contributed by atoms with Crippen LogP contribution in [0.2, 0.25) is 0 Å². The summed E-state index contributed by atoms with van der Waals surface area (Å²) in [5.41, 5.74) is 2.09. The first-order valence-electron chi connectivity index (χ1n) is 5.45. The van der Waals surface area contributed by atoms with E-state index in [1.807, 2.05) is 37.0 Å². The molecule has 3 rings (SSSR count). The topological polar surface area (TPSA) is 22.0 Å². The molecule has 1 aliphatic heterocycles. The third kappa shape index (κ3) is 1.24. The van der Waals surface area contributed by atoms with Crippen molar-refractivity contribution < 1.29 is 4.79 Å². The predicted octanol–water partition coefficient (Wildman–Crippen LogP) is 3.25. The Labute approximate surface area is 98.6 Å². The second-order valence-electron chi connectivity index (χ2n) is 4.31. The van der Waals surface area contributed by atoms with Crippen molar-refractivity contribution in [1.29, 1.82) is 0 Å². The zero-order chi connectivity index (χ0) is 11.3. The fourth-order valence-corrected chi connectivity index (χ4v) is 3.59. The van der Waals surface area contributed by atoms with Gasteiger partial charge >= 0.3 is 0 Å². The van der Waals surface area contributed by atoms with Crippen LogP contribution in [0.4, 0.5) is 0 Å². The molecule has 1 atom stereocenters. The van der Waals surface area contributed by atoms with Crippen molar-refractivity contribution >= 4 is 28.4 Å². The molecule has 0 saturated carbocycles. The number of thioether (sulfide) groups is 1.